The molecular weight excluding hydrogens is 382 g/mol. The molecule has 0 bridgehead atoms. The lowest BCUT2D eigenvalue weighted by atomic mass is 10.2. The zero-order chi connectivity index (χ0) is 19.3. The molecule has 0 fully saturated rings. The maximum Gasteiger partial charge on any atom is 0.349 e. The molecule has 0 aliphatic carbocycles. The number of benzene rings is 2. The topological polar surface area (TPSA) is 72.5 Å². The van der Waals surface area contributed by atoms with Crippen molar-refractivity contribution in [2.75, 3.05) is 11.8 Å². The Morgan fingerprint density at radius 3 is 2.44 bits per heavy atom. The van der Waals surface area contributed by atoms with Crippen LogP contribution in [0.2, 0.25) is 0 Å². The number of anilines is 1. The first-order valence-corrected chi connectivity index (χ1v) is 10.2. The van der Waals surface area contributed by atoms with E-state index in [9.17, 15) is 13.2 Å². The molecule has 0 spiro atoms. The third-order valence-corrected chi connectivity index (χ3v) is 5.98. The number of methoxy groups -OCH3 is 1. The highest BCUT2D eigenvalue weighted by Crippen LogP contribution is 2.25. The Labute approximate surface area is 161 Å². The Morgan fingerprint density at radius 1 is 1.00 bits per heavy atom. The van der Waals surface area contributed by atoms with Crippen LogP contribution >= 0.6 is 11.3 Å². The van der Waals surface area contributed by atoms with Gasteiger partial charge in [0.05, 0.1) is 12.8 Å². The fraction of sp³-hybridized carbons (Fsp3) is 0.0500. The molecule has 1 N–H and O–H groups in total. The highest BCUT2D eigenvalue weighted by molar-refractivity contribution is 7.93. The molecule has 136 valence electrons. The van der Waals surface area contributed by atoms with Crippen molar-refractivity contribution in [3.05, 3.63) is 82.0 Å². The number of hydrogen-bond acceptors (Lipinski definition) is 5. The molecule has 1 aromatic heterocycles. The average molecular weight is 397 g/mol. The highest BCUT2D eigenvalue weighted by atomic mass is 32.2. The van der Waals surface area contributed by atoms with Gasteiger partial charge in [0.25, 0.3) is 10.0 Å². The molecule has 0 saturated carbocycles. The summed E-state index contributed by atoms with van der Waals surface area (Å²) in [6.45, 7) is 0. The van der Waals surface area contributed by atoms with Crippen molar-refractivity contribution in [3.63, 3.8) is 0 Å². The van der Waals surface area contributed by atoms with Crippen LogP contribution in [0.4, 0.5) is 5.69 Å². The van der Waals surface area contributed by atoms with Gasteiger partial charge in [0.2, 0.25) is 0 Å². The van der Waals surface area contributed by atoms with Crippen molar-refractivity contribution in [1.82, 2.24) is 0 Å². The van der Waals surface area contributed by atoms with E-state index < -0.39 is 16.0 Å². The van der Waals surface area contributed by atoms with Gasteiger partial charge in [0, 0.05) is 11.1 Å². The van der Waals surface area contributed by atoms with Crippen molar-refractivity contribution < 1.29 is 17.9 Å². The third kappa shape index (κ3) is 4.56. The smallest absolute Gasteiger partial charge is 0.349 e. The maximum absolute atomic E-state index is 12.6. The van der Waals surface area contributed by atoms with Crippen molar-refractivity contribution in [2.24, 2.45) is 0 Å². The van der Waals surface area contributed by atoms with Gasteiger partial charge in [-0.25, -0.2) is 13.2 Å². The number of nitrogens with one attached hydrogen (secondary N) is 1. The zero-order valence-corrected chi connectivity index (χ0v) is 15.9. The lowest BCUT2D eigenvalue weighted by Gasteiger charge is -2.08. The van der Waals surface area contributed by atoms with Crippen molar-refractivity contribution >= 4 is 33.0 Å². The van der Waals surface area contributed by atoms with E-state index in [4.69, 9.17) is 0 Å². The van der Waals surface area contributed by atoms with Gasteiger partial charge in [-0.15, -0.1) is 11.3 Å². The van der Waals surface area contributed by atoms with E-state index in [1.807, 2.05) is 30.3 Å². The number of esters is 1. The number of thiophene rings is 1. The molecule has 0 aliphatic heterocycles. The van der Waals surface area contributed by atoms with E-state index in [-0.39, 0.29) is 9.77 Å². The molecule has 0 radical (unpaired) electrons. The van der Waals surface area contributed by atoms with Crippen LogP contribution in [0.15, 0.2) is 70.9 Å². The molecule has 27 heavy (non-hydrogen) atoms. The largest absolute Gasteiger partial charge is 0.465 e. The van der Waals surface area contributed by atoms with Gasteiger partial charge < -0.3 is 4.74 Å². The highest BCUT2D eigenvalue weighted by Gasteiger charge is 2.24. The van der Waals surface area contributed by atoms with E-state index in [2.05, 4.69) is 21.3 Å². The summed E-state index contributed by atoms with van der Waals surface area (Å²) in [4.78, 5) is 11.7. The Kier molecular flexibility index (Phi) is 5.60. The van der Waals surface area contributed by atoms with Crippen molar-refractivity contribution in [3.8, 4) is 11.8 Å². The summed E-state index contributed by atoms with van der Waals surface area (Å²) in [6, 6.07) is 17.6. The van der Waals surface area contributed by atoms with E-state index in [1.54, 1.807) is 24.3 Å². The summed E-state index contributed by atoms with van der Waals surface area (Å²) in [6.07, 6.45) is 0. The summed E-state index contributed by atoms with van der Waals surface area (Å²) >= 11 is 1.01. The van der Waals surface area contributed by atoms with Gasteiger partial charge in [-0.3, -0.25) is 4.72 Å². The number of sulfonamides is 1. The second-order valence-corrected chi connectivity index (χ2v) is 7.97. The molecule has 3 aromatic rings. The minimum Gasteiger partial charge on any atom is -0.465 e. The molecule has 7 heteroatoms. The van der Waals surface area contributed by atoms with E-state index in [1.165, 1.54) is 18.6 Å². The lowest BCUT2D eigenvalue weighted by Crippen LogP contribution is -2.15. The number of carbonyl (C=O) groups is 1. The SMILES string of the molecule is COC(=O)c1sccc1S(=O)(=O)Nc1cccc(C#Cc2ccccc2)c1. The van der Waals surface area contributed by atoms with Crippen LogP contribution in [0, 0.1) is 11.8 Å². The van der Waals surface area contributed by atoms with Crippen LogP contribution in [-0.4, -0.2) is 21.5 Å². The van der Waals surface area contributed by atoms with E-state index >= 15 is 0 Å². The summed E-state index contributed by atoms with van der Waals surface area (Å²) in [7, 11) is -2.72. The second kappa shape index (κ2) is 8.08. The van der Waals surface area contributed by atoms with Gasteiger partial charge in [0.1, 0.15) is 9.77 Å². The van der Waals surface area contributed by atoms with Crippen LogP contribution in [0.5, 0.6) is 0 Å². The predicted molar refractivity (Wildman–Crippen MR) is 105 cm³/mol. The third-order valence-electron chi connectivity index (χ3n) is 3.53. The Hall–Kier alpha value is -3.08. The first kappa shape index (κ1) is 18.7. The lowest BCUT2D eigenvalue weighted by molar-refractivity contribution is 0.0602. The molecule has 0 unspecified atom stereocenters. The quantitative estimate of drug-likeness (QED) is 0.538. The first-order chi connectivity index (χ1) is 13.0. The van der Waals surface area contributed by atoms with Gasteiger partial charge in [-0.05, 0) is 41.8 Å². The minimum atomic E-state index is -3.93. The van der Waals surface area contributed by atoms with Gasteiger partial charge in [-0.1, -0.05) is 36.1 Å². The van der Waals surface area contributed by atoms with Crippen LogP contribution in [-0.2, 0) is 14.8 Å². The van der Waals surface area contributed by atoms with E-state index in [0.717, 1.165) is 16.9 Å². The van der Waals surface area contributed by atoms with E-state index in [0.29, 0.717) is 11.3 Å². The number of carbonyl (C=O) groups excluding carboxylic acids is 1. The van der Waals surface area contributed by atoms with Crippen molar-refractivity contribution in [1.29, 1.82) is 0 Å². The van der Waals surface area contributed by atoms with Gasteiger partial charge in [0.15, 0.2) is 0 Å². The number of ether oxygens (including phenoxy) is 1. The maximum atomic E-state index is 12.6. The summed E-state index contributed by atoms with van der Waals surface area (Å²) in [5.41, 5.74) is 1.89. The summed E-state index contributed by atoms with van der Waals surface area (Å²) in [5.74, 6) is 5.34. The van der Waals surface area contributed by atoms with Crippen molar-refractivity contribution in [2.45, 2.75) is 4.90 Å². The average Bonchev–Trinajstić information content (AvgIpc) is 3.17. The molecule has 2 aromatic carbocycles. The van der Waals surface area contributed by atoms with Crippen LogP contribution in [0.3, 0.4) is 0 Å². The molecule has 1 heterocycles. The Bertz CT molecular complexity index is 1120. The molecular formula is C20H15NO4S2. The molecule has 0 atom stereocenters. The van der Waals surface area contributed by atoms with Crippen LogP contribution in [0.1, 0.15) is 20.8 Å². The monoisotopic (exact) mass is 397 g/mol. The molecule has 3 rings (SSSR count). The predicted octanol–water partition coefficient (Wildman–Crippen LogP) is 3.74. The van der Waals surface area contributed by atoms with Crippen LogP contribution in [0.25, 0.3) is 0 Å². The number of hydrogen-bond donors (Lipinski definition) is 1. The van der Waals surface area contributed by atoms with Gasteiger partial charge >= 0.3 is 5.97 Å². The first-order valence-electron chi connectivity index (χ1n) is 7.85. The fourth-order valence-electron chi connectivity index (χ4n) is 2.29. The minimum absolute atomic E-state index is 0.0324. The normalized spacial score (nSPS) is 10.6. The molecule has 0 aliphatic rings. The Morgan fingerprint density at radius 2 is 1.70 bits per heavy atom. The molecule has 5 nitrogen and oxygen atoms in total. The van der Waals surface area contributed by atoms with Gasteiger partial charge in [-0.2, -0.15) is 0 Å². The number of rotatable bonds is 4. The second-order valence-electron chi connectivity index (χ2n) is 5.41. The fourth-order valence-corrected chi connectivity index (χ4v) is 4.67. The standard InChI is InChI=1S/C20H15NO4S2/c1-25-20(22)19-18(12-13-26-19)27(23,24)21-17-9-5-8-16(14-17)11-10-15-6-3-2-4-7-15/h2-9,12-14,21H,1H3. The summed E-state index contributed by atoms with van der Waals surface area (Å²) in [5, 5.41) is 1.53. The van der Waals surface area contributed by atoms with Crippen LogP contribution < -0.4 is 4.72 Å². The zero-order valence-electron chi connectivity index (χ0n) is 14.3. The molecule has 0 saturated heterocycles. The summed E-state index contributed by atoms with van der Waals surface area (Å²) < 4.78 is 32.4. The Balaban J connectivity index is 1.85. The molecule has 0 amide bonds.